The zero-order valence-corrected chi connectivity index (χ0v) is 18.6. The Morgan fingerprint density at radius 2 is 1.48 bits per heavy atom. The number of hydrogen-bond acceptors (Lipinski definition) is 3. The summed E-state index contributed by atoms with van der Waals surface area (Å²) in [5.41, 5.74) is -0.499. The molecule has 3 atom stereocenters. The van der Waals surface area contributed by atoms with Crippen LogP contribution in [0.15, 0.2) is 0 Å². The standard InChI is InChI=1S/C23H45NO3/c1-6-7-8-9-10-11-12-13-14-15-16-20-17-18-21(25)19(2)24(20)22(26)27-23(3,4)5/h19-21,25H,6-18H2,1-5H3/t19-,20+,21-/m1/s1. The minimum atomic E-state index is -0.499. The molecule has 0 aromatic rings. The Labute approximate surface area is 168 Å². The third kappa shape index (κ3) is 9.82. The third-order valence-electron chi connectivity index (χ3n) is 5.68. The lowest BCUT2D eigenvalue weighted by molar-refractivity contribution is -0.0401. The summed E-state index contributed by atoms with van der Waals surface area (Å²) in [4.78, 5) is 14.5. The van der Waals surface area contributed by atoms with Crippen molar-refractivity contribution in [3.8, 4) is 0 Å². The SMILES string of the molecule is CCCCCCCCCCCC[C@H]1CC[C@@H](O)[C@@H](C)N1C(=O)OC(C)(C)C. The molecule has 27 heavy (non-hydrogen) atoms. The Morgan fingerprint density at radius 1 is 0.963 bits per heavy atom. The summed E-state index contributed by atoms with van der Waals surface area (Å²) < 4.78 is 5.60. The number of unbranched alkanes of at least 4 members (excludes halogenated alkanes) is 9. The van der Waals surface area contributed by atoms with E-state index in [9.17, 15) is 9.90 Å². The van der Waals surface area contributed by atoms with Crippen LogP contribution in [0, 0.1) is 0 Å². The van der Waals surface area contributed by atoms with Gasteiger partial charge in [0.05, 0.1) is 12.1 Å². The lowest BCUT2D eigenvalue weighted by atomic mass is 9.91. The average Bonchev–Trinajstić information content (AvgIpc) is 2.58. The Hall–Kier alpha value is -0.770. The molecule has 0 aromatic heterocycles. The number of aliphatic hydroxyl groups is 1. The van der Waals surface area contributed by atoms with E-state index in [0.717, 1.165) is 25.7 Å². The van der Waals surface area contributed by atoms with Crippen molar-refractivity contribution in [2.24, 2.45) is 0 Å². The quantitative estimate of drug-likeness (QED) is 0.417. The normalized spacial score (nSPS) is 23.5. The molecule has 0 bridgehead atoms. The first-order valence-electron chi connectivity index (χ1n) is 11.5. The fraction of sp³-hybridized carbons (Fsp3) is 0.957. The van der Waals surface area contributed by atoms with E-state index in [2.05, 4.69) is 6.92 Å². The number of aliphatic hydroxyl groups excluding tert-OH is 1. The van der Waals surface area contributed by atoms with E-state index in [4.69, 9.17) is 4.74 Å². The minimum absolute atomic E-state index is 0.165. The molecule has 1 amide bonds. The number of ether oxygens (including phenoxy) is 1. The Bertz CT molecular complexity index is 405. The summed E-state index contributed by atoms with van der Waals surface area (Å²) in [7, 11) is 0. The molecule has 160 valence electrons. The van der Waals surface area contributed by atoms with Crippen LogP contribution in [0.25, 0.3) is 0 Å². The predicted octanol–water partition coefficient (Wildman–Crippen LogP) is 6.45. The van der Waals surface area contributed by atoms with Gasteiger partial charge in [-0.15, -0.1) is 0 Å². The number of amides is 1. The van der Waals surface area contributed by atoms with Crippen molar-refractivity contribution in [2.75, 3.05) is 0 Å². The largest absolute Gasteiger partial charge is 0.444 e. The van der Waals surface area contributed by atoms with Crippen LogP contribution in [-0.2, 0) is 4.74 Å². The van der Waals surface area contributed by atoms with Crippen molar-refractivity contribution in [1.29, 1.82) is 0 Å². The van der Waals surface area contributed by atoms with Gasteiger partial charge in [-0.2, -0.15) is 0 Å². The summed E-state index contributed by atoms with van der Waals surface area (Å²) in [5, 5.41) is 10.2. The molecule has 1 aliphatic rings. The van der Waals surface area contributed by atoms with Crippen molar-refractivity contribution in [3.05, 3.63) is 0 Å². The summed E-state index contributed by atoms with van der Waals surface area (Å²) >= 11 is 0. The van der Waals surface area contributed by atoms with E-state index in [1.807, 2.05) is 32.6 Å². The maximum Gasteiger partial charge on any atom is 0.410 e. The van der Waals surface area contributed by atoms with E-state index in [1.165, 1.54) is 57.8 Å². The molecule has 4 nitrogen and oxygen atoms in total. The molecule has 1 aliphatic heterocycles. The van der Waals surface area contributed by atoms with Crippen molar-refractivity contribution in [3.63, 3.8) is 0 Å². The summed E-state index contributed by atoms with van der Waals surface area (Å²) in [6, 6.07) is 0.0361. The highest BCUT2D eigenvalue weighted by molar-refractivity contribution is 5.69. The fourth-order valence-corrected chi connectivity index (χ4v) is 4.04. The molecule has 1 saturated heterocycles. The van der Waals surface area contributed by atoms with E-state index < -0.39 is 11.7 Å². The first-order valence-corrected chi connectivity index (χ1v) is 11.5. The maximum atomic E-state index is 12.7. The number of carbonyl (C=O) groups excluding carboxylic acids is 1. The summed E-state index contributed by atoms with van der Waals surface area (Å²) in [6.45, 7) is 9.89. The Kier molecular flexibility index (Phi) is 11.4. The molecule has 0 radical (unpaired) electrons. The van der Waals surface area contributed by atoms with Crippen LogP contribution < -0.4 is 0 Å². The molecule has 0 unspecified atom stereocenters. The number of likely N-dealkylation sites (tertiary alicyclic amines) is 1. The van der Waals surface area contributed by atoms with Gasteiger partial charge in [0.2, 0.25) is 0 Å². The number of carbonyl (C=O) groups is 1. The smallest absolute Gasteiger partial charge is 0.410 e. The monoisotopic (exact) mass is 383 g/mol. The van der Waals surface area contributed by atoms with Crippen molar-refractivity contribution < 1.29 is 14.6 Å². The molecular weight excluding hydrogens is 338 g/mol. The van der Waals surface area contributed by atoms with Gasteiger partial charge >= 0.3 is 6.09 Å². The first kappa shape index (κ1) is 24.3. The van der Waals surface area contributed by atoms with Gasteiger partial charge in [0.1, 0.15) is 5.60 Å². The number of hydrogen-bond donors (Lipinski definition) is 1. The highest BCUT2D eigenvalue weighted by Gasteiger charge is 2.38. The van der Waals surface area contributed by atoms with Crippen molar-refractivity contribution >= 4 is 6.09 Å². The molecule has 4 heteroatoms. The predicted molar refractivity (Wildman–Crippen MR) is 113 cm³/mol. The van der Waals surface area contributed by atoms with Gasteiger partial charge in [-0.1, -0.05) is 71.1 Å². The molecular formula is C23H45NO3. The van der Waals surface area contributed by atoms with E-state index in [1.54, 1.807) is 0 Å². The average molecular weight is 384 g/mol. The van der Waals surface area contributed by atoms with E-state index >= 15 is 0 Å². The molecule has 0 aliphatic carbocycles. The summed E-state index contributed by atoms with van der Waals surface area (Å²) in [6.07, 6.45) is 15.2. The number of rotatable bonds is 11. The Morgan fingerprint density at radius 3 is 2.00 bits per heavy atom. The lowest BCUT2D eigenvalue weighted by Crippen LogP contribution is -2.55. The van der Waals surface area contributed by atoms with Crippen LogP contribution in [0.2, 0.25) is 0 Å². The van der Waals surface area contributed by atoms with Gasteiger partial charge in [0.15, 0.2) is 0 Å². The van der Waals surface area contributed by atoms with E-state index in [0.29, 0.717) is 0 Å². The van der Waals surface area contributed by atoms with Crippen LogP contribution in [0.4, 0.5) is 4.79 Å². The van der Waals surface area contributed by atoms with Gasteiger partial charge in [0.25, 0.3) is 0 Å². The zero-order chi connectivity index (χ0) is 20.3. The van der Waals surface area contributed by atoms with Crippen LogP contribution in [0.5, 0.6) is 0 Å². The van der Waals surface area contributed by atoms with Gasteiger partial charge in [-0.05, 0) is 47.0 Å². The minimum Gasteiger partial charge on any atom is -0.444 e. The fourth-order valence-electron chi connectivity index (χ4n) is 4.04. The molecule has 1 N–H and O–H groups in total. The highest BCUT2D eigenvalue weighted by atomic mass is 16.6. The topological polar surface area (TPSA) is 49.8 Å². The second-order valence-corrected chi connectivity index (χ2v) is 9.40. The summed E-state index contributed by atoms with van der Waals surface area (Å²) in [5.74, 6) is 0. The Balaban J connectivity index is 2.31. The molecule has 0 saturated carbocycles. The highest BCUT2D eigenvalue weighted by Crippen LogP contribution is 2.29. The lowest BCUT2D eigenvalue weighted by Gasteiger charge is -2.43. The second kappa shape index (κ2) is 12.6. The van der Waals surface area contributed by atoms with Crippen molar-refractivity contribution in [1.82, 2.24) is 4.90 Å². The molecule has 1 heterocycles. The molecule has 0 spiro atoms. The molecule has 1 fully saturated rings. The van der Waals surface area contributed by atoms with Gasteiger partial charge in [-0.3, -0.25) is 4.90 Å². The maximum absolute atomic E-state index is 12.7. The number of nitrogens with zero attached hydrogens (tertiary/aromatic N) is 1. The van der Waals surface area contributed by atoms with Crippen LogP contribution in [0.3, 0.4) is 0 Å². The van der Waals surface area contributed by atoms with Crippen molar-refractivity contribution in [2.45, 2.75) is 142 Å². The van der Waals surface area contributed by atoms with Crippen LogP contribution in [-0.4, -0.2) is 39.9 Å². The molecule has 1 rings (SSSR count). The molecule has 0 aromatic carbocycles. The first-order chi connectivity index (χ1) is 12.8. The third-order valence-corrected chi connectivity index (χ3v) is 5.68. The second-order valence-electron chi connectivity index (χ2n) is 9.40. The van der Waals surface area contributed by atoms with Gasteiger partial charge in [0, 0.05) is 6.04 Å². The number of piperidine rings is 1. The van der Waals surface area contributed by atoms with Crippen LogP contribution >= 0.6 is 0 Å². The zero-order valence-electron chi connectivity index (χ0n) is 18.6. The van der Waals surface area contributed by atoms with Gasteiger partial charge < -0.3 is 9.84 Å². The van der Waals surface area contributed by atoms with E-state index in [-0.39, 0.29) is 18.2 Å². The van der Waals surface area contributed by atoms with Gasteiger partial charge in [-0.25, -0.2) is 4.79 Å². The van der Waals surface area contributed by atoms with Crippen LogP contribution in [0.1, 0.15) is 118 Å².